The molecule has 0 amide bonds. The summed E-state index contributed by atoms with van der Waals surface area (Å²) in [6.07, 6.45) is 0. The van der Waals surface area contributed by atoms with Crippen molar-refractivity contribution in [3.05, 3.63) is 37.7 Å². The lowest BCUT2D eigenvalue weighted by Crippen LogP contribution is -2.21. The molecule has 0 spiro atoms. The Kier molecular flexibility index (Phi) is 6.92. The molecule has 1 aromatic rings. The molecule has 0 bridgehead atoms. The zero-order valence-corrected chi connectivity index (χ0v) is 15.2. The number of benzene rings is 1. The minimum absolute atomic E-state index is 0.445. The van der Waals surface area contributed by atoms with Crippen LogP contribution in [0.15, 0.2) is 32.1 Å². The molecule has 1 N–H and O–H groups in total. The Morgan fingerprint density at radius 1 is 1.33 bits per heavy atom. The van der Waals surface area contributed by atoms with Gasteiger partial charge in [-0.1, -0.05) is 36.4 Å². The highest BCUT2D eigenvalue weighted by atomic mass is 79.9. The highest BCUT2D eigenvalue weighted by Crippen LogP contribution is 2.35. The molecular formula is C13H16Br3NO. The van der Waals surface area contributed by atoms with Gasteiger partial charge in [-0.15, -0.1) is 0 Å². The lowest BCUT2D eigenvalue weighted by molar-refractivity contribution is 0.356. The fourth-order valence-electron chi connectivity index (χ4n) is 1.32. The highest BCUT2D eigenvalue weighted by Gasteiger charge is 2.09. The lowest BCUT2D eigenvalue weighted by Gasteiger charge is -2.13. The van der Waals surface area contributed by atoms with Crippen LogP contribution in [0, 0.1) is 0 Å². The van der Waals surface area contributed by atoms with Gasteiger partial charge >= 0.3 is 0 Å². The van der Waals surface area contributed by atoms with Gasteiger partial charge in [0.2, 0.25) is 0 Å². The SMILES string of the molecule is C=C(Br)COc1c(Br)cc(CNC(C)C)cc1Br. The first-order chi connectivity index (χ1) is 8.40. The van der Waals surface area contributed by atoms with Crippen molar-refractivity contribution in [2.45, 2.75) is 26.4 Å². The molecule has 0 heterocycles. The number of ether oxygens (including phenoxy) is 1. The summed E-state index contributed by atoms with van der Waals surface area (Å²) >= 11 is 10.3. The van der Waals surface area contributed by atoms with Crippen molar-refractivity contribution >= 4 is 47.8 Å². The molecule has 0 unspecified atom stereocenters. The van der Waals surface area contributed by atoms with Gasteiger partial charge in [0.05, 0.1) is 8.95 Å². The molecule has 0 fully saturated rings. The third kappa shape index (κ3) is 5.43. The summed E-state index contributed by atoms with van der Waals surface area (Å²) in [5, 5.41) is 3.38. The fraction of sp³-hybridized carbons (Fsp3) is 0.385. The normalized spacial score (nSPS) is 10.8. The Labute approximate surface area is 134 Å². The Bertz CT molecular complexity index is 409. The number of hydrogen-bond donors (Lipinski definition) is 1. The van der Waals surface area contributed by atoms with Crippen molar-refractivity contribution in [2.24, 2.45) is 0 Å². The maximum absolute atomic E-state index is 5.65. The van der Waals surface area contributed by atoms with Crippen LogP contribution >= 0.6 is 47.8 Å². The van der Waals surface area contributed by atoms with E-state index < -0.39 is 0 Å². The van der Waals surface area contributed by atoms with Crippen molar-refractivity contribution in [3.63, 3.8) is 0 Å². The van der Waals surface area contributed by atoms with E-state index in [2.05, 4.69) is 85.7 Å². The summed E-state index contributed by atoms with van der Waals surface area (Å²) in [5.74, 6) is 0.795. The molecule has 0 aliphatic carbocycles. The van der Waals surface area contributed by atoms with E-state index in [4.69, 9.17) is 4.74 Å². The van der Waals surface area contributed by atoms with Gasteiger partial charge in [-0.2, -0.15) is 0 Å². The van der Waals surface area contributed by atoms with Crippen LogP contribution in [0.25, 0.3) is 0 Å². The first-order valence-electron chi connectivity index (χ1n) is 5.57. The van der Waals surface area contributed by atoms with Crippen molar-refractivity contribution in [3.8, 4) is 5.75 Å². The standard InChI is InChI=1S/C13H16Br3NO/c1-8(2)17-6-10-4-11(15)13(12(16)5-10)18-7-9(3)14/h4-5,8,17H,3,6-7H2,1-2H3. The molecule has 0 saturated carbocycles. The average molecular weight is 442 g/mol. The van der Waals surface area contributed by atoms with Crippen LogP contribution in [0.4, 0.5) is 0 Å². The molecule has 0 saturated heterocycles. The minimum Gasteiger partial charge on any atom is -0.486 e. The third-order valence-corrected chi connectivity index (χ3v) is 3.55. The summed E-state index contributed by atoms with van der Waals surface area (Å²) in [6.45, 7) is 9.28. The molecule has 5 heteroatoms. The minimum atomic E-state index is 0.445. The maximum atomic E-state index is 5.65. The maximum Gasteiger partial charge on any atom is 0.148 e. The summed E-state index contributed by atoms with van der Waals surface area (Å²) in [6, 6.07) is 4.59. The number of halogens is 3. The molecule has 1 aromatic carbocycles. The van der Waals surface area contributed by atoms with Crippen LogP contribution in [0.1, 0.15) is 19.4 Å². The predicted octanol–water partition coefficient (Wildman–Crippen LogP) is 5.00. The molecule has 2 nitrogen and oxygen atoms in total. The number of rotatable bonds is 6. The Morgan fingerprint density at radius 2 is 1.89 bits per heavy atom. The van der Waals surface area contributed by atoms with Gasteiger partial charge in [-0.25, -0.2) is 0 Å². The monoisotopic (exact) mass is 439 g/mol. The Balaban J connectivity index is 2.80. The van der Waals surface area contributed by atoms with Gasteiger partial charge in [-0.3, -0.25) is 0 Å². The van der Waals surface area contributed by atoms with Gasteiger partial charge in [-0.05, 0) is 49.6 Å². The van der Waals surface area contributed by atoms with Gasteiger partial charge in [0.1, 0.15) is 12.4 Å². The smallest absolute Gasteiger partial charge is 0.148 e. The molecule has 0 atom stereocenters. The van der Waals surface area contributed by atoms with Gasteiger partial charge in [0.25, 0.3) is 0 Å². The summed E-state index contributed by atoms with van der Waals surface area (Å²) in [4.78, 5) is 0. The van der Waals surface area contributed by atoms with E-state index >= 15 is 0 Å². The van der Waals surface area contributed by atoms with Gasteiger partial charge in [0, 0.05) is 17.1 Å². The van der Waals surface area contributed by atoms with Crippen LogP contribution in [0.2, 0.25) is 0 Å². The van der Waals surface area contributed by atoms with E-state index in [9.17, 15) is 0 Å². The van der Waals surface area contributed by atoms with Crippen molar-refractivity contribution < 1.29 is 4.74 Å². The molecule has 0 aliphatic heterocycles. The van der Waals surface area contributed by atoms with Gasteiger partial charge < -0.3 is 10.1 Å². The number of hydrogen-bond acceptors (Lipinski definition) is 2. The molecule has 0 aliphatic rings. The molecule has 0 aromatic heterocycles. The van der Waals surface area contributed by atoms with E-state index in [-0.39, 0.29) is 0 Å². The molecular weight excluding hydrogens is 426 g/mol. The topological polar surface area (TPSA) is 21.3 Å². The zero-order valence-electron chi connectivity index (χ0n) is 10.4. The molecule has 18 heavy (non-hydrogen) atoms. The van der Waals surface area contributed by atoms with Crippen LogP contribution in [-0.4, -0.2) is 12.6 Å². The van der Waals surface area contributed by atoms with Crippen LogP contribution in [0.5, 0.6) is 5.75 Å². The van der Waals surface area contributed by atoms with Crippen molar-refractivity contribution in [1.29, 1.82) is 0 Å². The summed E-state index contributed by atoms with van der Waals surface area (Å²) < 4.78 is 8.33. The average Bonchev–Trinajstić information content (AvgIpc) is 2.24. The predicted molar refractivity (Wildman–Crippen MR) is 87.4 cm³/mol. The largest absolute Gasteiger partial charge is 0.486 e. The summed E-state index contributed by atoms with van der Waals surface area (Å²) in [5.41, 5.74) is 1.20. The zero-order chi connectivity index (χ0) is 13.7. The second-order valence-electron chi connectivity index (χ2n) is 4.23. The fourth-order valence-corrected chi connectivity index (χ4v) is 2.95. The molecule has 1 rings (SSSR count). The van der Waals surface area contributed by atoms with Crippen LogP contribution < -0.4 is 10.1 Å². The second kappa shape index (κ2) is 7.68. The second-order valence-corrected chi connectivity index (χ2v) is 7.06. The lowest BCUT2D eigenvalue weighted by atomic mass is 10.2. The van der Waals surface area contributed by atoms with Crippen LogP contribution in [0.3, 0.4) is 0 Å². The van der Waals surface area contributed by atoms with E-state index in [0.29, 0.717) is 12.6 Å². The van der Waals surface area contributed by atoms with E-state index in [1.54, 1.807) is 0 Å². The molecule has 0 radical (unpaired) electrons. The van der Waals surface area contributed by atoms with Crippen molar-refractivity contribution in [1.82, 2.24) is 5.32 Å². The van der Waals surface area contributed by atoms with E-state index in [0.717, 1.165) is 25.7 Å². The molecule has 100 valence electrons. The Morgan fingerprint density at radius 3 is 2.33 bits per heavy atom. The summed E-state index contributed by atoms with van der Waals surface area (Å²) in [7, 11) is 0. The highest BCUT2D eigenvalue weighted by molar-refractivity contribution is 9.11. The first-order valence-corrected chi connectivity index (χ1v) is 7.95. The quantitative estimate of drug-likeness (QED) is 0.671. The third-order valence-electron chi connectivity index (χ3n) is 2.15. The Hall–Kier alpha value is 0.160. The number of nitrogens with one attached hydrogen (secondary N) is 1. The van der Waals surface area contributed by atoms with Gasteiger partial charge in [0.15, 0.2) is 0 Å². The van der Waals surface area contributed by atoms with E-state index in [1.165, 1.54) is 5.56 Å². The first kappa shape index (κ1) is 16.2. The van der Waals surface area contributed by atoms with E-state index in [1.807, 2.05) is 0 Å². The van der Waals surface area contributed by atoms with Crippen LogP contribution in [-0.2, 0) is 6.54 Å². The van der Waals surface area contributed by atoms with Crippen molar-refractivity contribution in [2.75, 3.05) is 6.61 Å².